The third kappa shape index (κ3) is 7.13. The molecule has 12 nitrogen and oxygen atoms in total. The van der Waals surface area contributed by atoms with E-state index in [1.807, 2.05) is 0 Å². The smallest absolute Gasteiger partial charge is 0.287 e. The second-order valence-electron chi connectivity index (χ2n) is 7.54. The van der Waals surface area contributed by atoms with Crippen LogP contribution in [0.1, 0.15) is 12.8 Å². The van der Waals surface area contributed by atoms with E-state index in [0.29, 0.717) is 0 Å². The molecular weight excluding hydrogens is 476 g/mol. The second kappa shape index (κ2) is 12.7. The number of hydrogen-bond acceptors (Lipinski definition) is 8. The van der Waals surface area contributed by atoms with E-state index in [9.17, 15) is 27.6 Å². The van der Waals surface area contributed by atoms with Crippen LogP contribution < -0.4 is 21.7 Å². The molecule has 0 aliphatic carbocycles. The number of carbonyl (C=O) groups excluding carboxylic acids is 4. The Bertz CT molecular complexity index is 1080. The lowest BCUT2D eigenvalue weighted by Gasteiger charge is -2.36. The van der Waals surface area contributed by atoms with Gasteiger partial charge in [-0.3, -0.25) is 19.2 Å². The zero-order valence-electron chi connectivity index (χ0n) is 19.4. The van der Waals surface area contributed by atoms with Crippen LogP contribution in [0.2, 0.25) is 0 Å². The maximum Gasteiger partial charge on any atom is 0.287 e. The highest BCUT2D eigenvalue weighted by molar-refractivity contribution is 7.89. The van der Waals surface area contributed by atoms with Crippen molar-refractivity contribution in [3.05, 3.63) is 55.0 Å². The van der Waals surface area contributed by atoms with Crippen molar-refractivity contribution in [2.24, 2.45) is 5.73 Å². The number of nitrogens with two attached hydrogens (primary N) is 1. The third-order valence-corrected chi connectivity index (χ3v) is 7.26. The lowest BCUT2D eigenvalue weighted by atomic mass is 10.1. The molecule has 13 heteroatoms. The highest BCUT2D eigenvalue weighted by atomic mass is 32.2. The molecule has 1 saturated heterocycles. The van der Waals surface area contributed by atoms with E-state index in [2.05, 4.69) is 22.5 Å². The lowest BCUT2D eigenvalue weighted by Crippen LogP contribution is -2.56. The number of ketones is 1. The van der Waals surface area contributed by atoms with E-state index in [4.69, 9.17) is 5.73 Å². The van der Waals surface area contributed by atoms with E-state index < -0.39 is 39.6 Å². The number of sulfonamides is 1. The zero-order chi connectivity index (χ0) is 26.0. The van der Waals surface area contributed by atoms with Gasteiger partial charge in [0.15, 0.2) is 0 Å². The third-order valence-electron chi connectivity index (χ3n) is 5.34. The number of nitrogens with zero attached hydrogens (tertiary/aromatic N) is 2. The number of rotatable bonds is 11. The quantitative estimate of drug-likeness (QED) is 0.210. The average molecular weight is 507 g/mol. The Balaban J connectivity index is 2.12. The fourth-order valence-electron chi connectivity index (χ4n) is 3.43. The fourth-order valence-corrected chi connectivity index (χ4v) is 4.88. The summed E-state index contributed by atoms with van der Waals surface area (Å²) in [6.45, 7) is 3.75. The minimum atomic E-state index is -3.71. The number of likely N-dealkylation sites (N-methyl/N-ethyl adjacent to an activating group) is 1. The SMILES string of the molecule is C=CN/C(=C\N)C(=O)N[C@@H](CCC(=O)C(=O)NC)C(=O)N1CCN(S(=O)(=O)c2ccccc2)CC1. The summed E-state index contributed by atoms with van der Waals surface area (Å²) < 4.78 is 27.0. The van der Waals surface area contributed by atoms with Gasteiger partial charge >= 0.3 is 0 Å². The van der Waals surface area contributed by atoms with Gasteiger partial charge in [0, 0.05) is 45.8 Å². The summed E-state index contributed by atoms with van der Waals surface area (Å²) >= 11 is 0. The van der Waals surface area contributed by atoms with Crippen LogP contribution in [0.3, 0.4) is 0 Å². The van der Waals surface area contributed by atoms with E-state index in [-0.39, 0.29) is 49.6 Å². The molecule has 1 aromatic carbocycles. The second-order valence-corrected chi connectivity index (χ2v) is 9.48. The van der Waals surface area contributed by atoms with Crippen molar-refractivity contribution in [2.45, 2.75) is 23.8 Å². The molecule has 1 heterocycles. The first-order chi connectivity index (χ1) is 16.6. The molecule has 5 N–H and O–H groups in total. The van der Waals surface area contributed by atoms with Gasteiger partial charge < -0.3 is 26.6 Å². The van der Waals surface area contributed by atoms with Gasteiger partial charge in [-0.1, -0.05) is 24.8 Å². The summed E-state index contributed by atoms with van der Waals surface area (Å²) in [5.74, 6) is -2.76. The Hall–Kier alpha value is -3.71. The number of nitrogens with one attached hydrogen (secondary N) is 3. The molecular formula is C22H30N6O6S. The van der Waals surface area contributed by atoms with Gasteiger partial charge in [-0.2, -0.15) is 4.31 Å². The van der Waals surface area contributed by atoms with E-state index >= 15 is 0 Å². The van der Waals surface area contributed by atoms with Crippen LogP contribution in [0, 0.1) is 0 Å². The van der Waals surface area contributed by atoms with Crippen LogP contribution in [0.5, 0.6) is 0 Å². The predicted molar refractivity (Wildman–Crippen MR) is 128 cm³/mol. The van der Waals surface area contributed by atoms with Gasteiger partial charge in [0.25, 0.3) is 11.8 Å². The number of carbonyl (C=O) groups is 4. The summed E-state index contributed by atoms with van der Waals surface area (Å²) in [4.78, 5) is 50.9. The Morgan fingerprint density at radius 3 is 2.26 bits per heavy atom. The molecule has 0 spiro atoms. The van der Waals surface area contributed by atoms with Crippen molar-refractivity contribution in [1.29, 1.82) is 0 Å². The van der Waals surface area contributed by atoms with Crippen LogP contribution in [-0.4, -0.2) is 80.4 Å². The van der Waals surface area contributed by atoms with Crippen molar-refractivity contribution >= 4 is 33.5 Å². The molecule has 0 saturated carbocycles. The molecule has 35 heavy (non-hydrogen) atoms. The van der Waals surface area contributed by atoms with Gasteiger partial charge in [0.05, 0.1) is 4.90 Å². The maximum atomic E-state index is 13.2. The first-order valence-corrected chi connectivity index (χ1v) is 12.3. The molecule has 0 unspecified atom stereocenters. The van der Waals surface area contributed by atoms with Crippen LogP contribution in [0.4, 0.5) is 0 Å². The summed E-state index contributed by atoms with van der Waals surface area (Å²) in [5, 5.41) is 7.29. The normalized spacial score (nSPS) is 15.6. The number of amides is 3. The fraction of sp³-hybridized carbons (Fsp3) is 0.364. The van der Waals surface area contributed by atoms with Gasteiger partial charge in [-0.05, 0) is 24.8 Å². The van der Waals surface area contributed by atoms with Crippen LogP contribution >= 0.6 is 0 Å². The summed E-state index contributed by atoms with van der Waals surface area (Å²) in [5.41, 5.74) is 5.38. The van der Waals surface area contributed by atoms with Gasteiger partial charge in [-0.15, -0.1) is 0 Å². The Labute approximate surface area is 204 Å². The molecule has 190 valence electrons. The van der Waals surface area contributed by atoms with E-state index in [1.165, 1.54) is 34.6 Å². The topological polar surface area (TPSA) is 171 Å². The number of benzene rings is 1. The van der Waals surface area contributed by atoms with Crippen molar-refractivity contribution < 1.29 is 27.6 Å². The Morgan fingerprint density at radius 1 is 1.09 bits per heavy atom. The maximum absolute atomic E-state index is 13.2. The van der Waals surface area contributed by atoms with Gasteiger partial charge in [0.2, 0.25) is 21.7 Å². The number of piperazine rings is 1. The van der Waals surface area contributed by atoms with Gasteiger partial charge in [0.1, 0.15) is 11.7 Å². The summed E-state index contributed by atoms with van der Waals surface area (Å²) in [7, 11) is -2.40. The molecule has 0 radical (unpaired) electrons. The van der Waals surface area contributed by atoms with Crippen molar-refractivity contribution in [1.82, 2.24) is 25.2 Å². The molecule has 1 fully saturated rings. The van der Waals surface area contributed by atoms with Crippen molar-refractivity contribution in [2.75, 3.05) is 33.2 Å². The van der Waals surface area contributed by atoms with Crippen molar-refractivity contribution in [3.63, 3.8) is 0 Å². The predicted octanol–water partition coefficient (Wildman–Crippen LogP) is -1.37. The van der Waals surface area contributed by atoms with Crippen LogP contribution in [-0.2, 0) is 29.2 Å². The van der Waals surface area contributed by atoms with Crippen LogP contribution in [0.15, 0.2) is 59.9 Å². The highest BCUT2D eigenvalue weighted by Crippen LogP contribution is 2.18. The molecule has 1 aliphatic heterocycles. The Morgan fingerprint density at radius 2 is 1.71 bits per heavy atom. The van der Waals surface area contributed by atoms with Gasteiger partial charge in [-0.25, -0.2) is 8.42 Å². The molecule has 2 rings (SSSR count). The minimum absolute atomic E-state index is 0.0609. The largest absolute Gasteiger partial charge is 0.403 e. The molecule has 1 aliphatic rings. The minimum Gasteiger partial charge on any atom is -0.403 e. The van der Waals surface area contributed by atoms with Crippen LogP contribution in [0.25, 0.3) is 0 Å². The van der Waals surface area contributed by atoms with Crippen molar-refractivity contribution in [3.8, 4) is 0 Å². The number of Topliss-reactive ketones (excluding diaryl/α,β-unsaturated/α-hetero) is 1. The van der Waals surface area contributed by atoms with E-state index in [0.717, 1.165) is 6.20 Å². The van der Waals surface area contributed by atoms with E-state index in [1.54, 1.807) is 18.2 Å². The highest BCUT2D eigenvalue weighted by Gasteiger charge is 2.33. The molecule has 0 bridgehead atoms. The summed E-state index contributed by atoms with van der Waals surface area (Å²) in [6, 6.07) is 6.84. The monoisotopic (exact) mass is 506 g/mol. The lowest BCUT2D eigenvalue weighted by molar-refractivity contribution is -0.139. The number of hydrogen-bond donors (Lipinski definition) is 4. The molecule has 0 aromatic heterocycles. The Kier molecular flexibility index (Phi) is 9.97. The summed E-state index contributed by atoms with van der Waals surface area (Å²) in [6.07, 6.45) is 1.82. The molecule has 3 amide bonds. The first kappa shape index (κ1) is 27.5. The average Bonchev–Trinajstić information content (AvgIpc) is 2.88. The first-order valence-electron chi connectivity index (χ1n) is 10.8. The molecule has 1 aromatic rings. The molecule has 1 atom stereocenters. The zero-order valence-corrected chi connectivity index (χ0v) is 20.2. The standard InChI is InChI=1S/C22H30N6O6S/c1-3-25-18(15-23)20(30)26-17(9-10-19(29)21(31)24-2)22(32)27-11-13-28(14-12-27)35(33,34)16-7-5-4-6-8-16/h3-8,15,17,25H,1,9-14,23H2,2H3,(H,24,31)(H,26,30)/b18-15-/t17-/m0/s1.